The summed E-state index contributed by atoms with van der Waals surface area (Å²) in [5.41, 5.74) is 1.39. The van der Waals surface area contributed by atoms with Crippen molar-refractivity contribution in [2.24, 2.45) is 0 Å². The quantitative estimate of drug-likeness (QED) is 0.536. The Bertz CT molecular complexity index is 1000. The number of aromatic nitrogens is 1. The third-order valence-electron chi connectivity index (χ3n) is 4.14. The molecule has 3 aromatic rings. The molecule has 0 aliphatic carbocycles. The topological polar surface area (TPSA) is 93.5 Å². The summed E-state index contributed by atoms with van der Waals surface area (Å²) in [6.45, 7) is 2.35. The summed E-state index contributed by atoms with van der Waals surface area (Å²) < 4.78 is 11.1. The predicted octanol–water partition coefficient (Wildman–Crippen LogP) is 4.08. The Labute approximate surface area is 179 Å². The predicted molar refractivity (Wildman–Crippen MR) is 115 cm³/mol. The maximum atomic E-state index is 12.2. The van der Waals surface area contributed by atoms with Gasteiger partial charge in [-0.1, -0.05) is 23.7 Å². The lowest BCUT2D eigenvalue weighted by atomic mass is 10.2. The first-order chi connectivity index (χ1) is 14.5. The van der Waals surface area contributed by atoms with E-state index in [4.69, 9.17) is 20.8 Å². The first-order valence-corrected chi connectivity index (χ1v) is 9.92. The number of likely N-dealkylation sites (N-methyl/N-ethyl adjacent to an activating group) is 1. The molecule has 3 rings (SSSR count). The van der Waals surface area contributed by atoms with E-state index in [0.717, 1.165) is 5.56 Å². The number of rotatable bonds is 9. The molecule has 2 aromatic carbocycles. The first-order valence-electron chi connectivity index (χ1n) is 9.54. The van der Waals surface area contributed by atoms with Gasteiger partial charge in [0.15, 0.2) is 18.3 Å². The van der Waals surface area contributed by atoms with Crippen LogP contribution in [0.4, 0.5) is 5.69 Å². The molecule has 0 fully saturated rings. The van der Waals surface area contributed by atoms with Gasteiger partial charge in [-0.3, -0.25) is 9.59 Å². The highest BCUT2D eigenvalue weighted by Gasteiger charge is 2.11. The number of hydrogen-bond donors (Lipinski definition) is 2. The van der Waals surface area contributed by atoms with Crippen molar-refractivity contribution in [2.45, 2.75) is 19.8 Å². The zero-order chi connectivity index (χ0) is 21.3. The van der Waals surface area contributed by atoms with Crippen LogP contribution in [0.3, 0.4) is 0 Å². The SMILES string of the molecule is CCNC(=O)COc1ccc(NC(=O)CCc2ncc(-c3ccccc3Cl)o2)cc1. The second kappa shape index (κ2) is 10.5. The lowest BCUT2D eigenvalue weighted by Gasteiger charge is -2.08. The Balaban J connectivity index is 1.47. The van der Waals surface area contributed by atoms with E-state index >= 15 is 0 Å². The molecule has 0 bridgehead atoms. The van der Waals surface area contributed by atoms with Crippen molar-refractivity contribution >= 4 is 29.1 Å². The number of amides is 2. The number of halogens is 1. The van der Waals surface area contributed by atoms with Gasteiger partial charge in [0.25, 0.3) is 5.91 Å². The molecule has 0 spiro atoms. The lowest BCUT2D eigenvalue weighted by Crippen LogP contribution is -2.28. The Morgan fingerprint density at radius 1 is 1.10 bits per heavy atom. The maximum absolute atomic E-state index is 12.2. The average molecular weight is 428 g/mol. The number of oxazole rings is 1. The lowest BCUT2D eigenvalue weighted by molar-refractivity contribution is -0.123. The van der Waals surface area contributed by atoms with Gasteiger partial charge in [-0.15, -0.1) is 0 Å². The van der Waals surface area contributed by atoms with Gasteiger partial charge >= 0.3 is 0 Å². The van der Waals surface area contributed by atoms with Crippen molar-refractivity contribution in [1.29, 1.82) is 0 Å². The third-order valence-corrected chi connectivity index (χ3v) is 4.47. The fraction of sp³-hybridized carbons (Fsp3) is 0.227. The molecule has 0 atom stereocenters. The molecule has 156 valence electrons. The van der Waals surface area contributed by atoms with E-state index in [1.807, 2.05) is 25.1 Å². The molecule has 0 aliphatic heterocycles. The summed E-state index contributed by atoms with van der Waals surface area (Å²) >= 11 is 6.17. The molecule has 0 unspecified atom stereocenters. The molecule has 30 heavy (non-hydrogen) atoms. The number of ether oxygens (including phenoxy) is 1. The number of benzene rings is 2. The zero-order valence-corrected chi connectivity index (χ0v) is 17.2. The van der Waals surface area contributed by atoms with E-state index in [1.165, 1.54) is 0 Å². The molecule has 8 heteroatoms. The van der Waals surface area contributed by atoms with Gasteiger partial charge in [-0.25, -0.2) is 4.98 Å². The molecular weight excluding hydrogens is 406 g/mol. The molecule has 2 N–H and O–H groups in total. The largest absolute Gasteiger partial charge is 0.484 e. The number of anilines is 1. The van der Waals surface area contributed by atoms with Crippen LogP contribution >= 0.6 is 11.6 Å². The van der Waals surface area contributed by atoms with Gasteiger partial charge < -0.3 is 19.8 Å². The van der Waals surface area contributed by atoms with Gasteiger partial charge in [0.1, 0.15) is 5.75 Å². The van der Waals surface area contributed by atoms with Crippen molar-refractivity contribution in [1.82, 2.24) is 10.3 Å². The minimum atomic E-state index is -0.181. The summed E-state index contributed by atoms with van der Waals surface area (Å²) in [5.74, 6) is 1.24. The fourth-order valence-electron chi connectivity index (χ4n) is 2.69. The minimum Gasteiger partial charge on any atom is -0.484 e. The van der Waals surface area contributed by atoms with Crippen LogP contribution in [0.2, 0.25) is 5.02 Å². The first kappa shape index (κ1) is 21.4. The Morgan fingerprint density at radius 2 is 1.87 bits per heavy atom. The molecule has 1 heterocycles. The minimum absolute atomic E-state index is 0.0497. The maximum Gasteiger partial charge on any atom is 0.257 e. The summed E-state index contributed by atoms with van der Waals surface area (Å²) in [6, 6.07) is 14.2. The van der Waals surface area contributed by atoms with Crippen LogP contribution in [0, 0.1) is 0 Å². The van der Waals surface area contributed by atoms with Gasteiger partial charge in [-0.2, -0.15) is 0 Å². The highest BCUT2D eigenvalue weighted by atomic mass is 35.5. The fourth-order valence-corrected chi connectivity index (χ4v) is 2.92. The summed E-state index contributed by atoms with van der Waals surface area (Å²) in [5, 5.41) is 6.04. The van der Waals surface area contributed by atoms with Crippen molar-refractivity contribution in [3.05, 3.63) is 65.6 Å². The normalized spacial score (nSPS) is 10.5. The third kappa shape index (κ3) is 6.09. The van der Waals surface area contributed by atoms with Crippen LogP contribution in [0.5, 0.6) is 5.75 Å². The monoisotopic (exact) mass is 427 g/mol. The number of nitrogens with zero attached hydrogens (tertiary/aromatic N) is 1. The van der Waals surface area contributed by atoms with Crippen LogP contribution in [0.25, 0.3) is 11.3 Å². The van der Waals surface area contributed by atoms with E-state index in [-0.39, 0.29) is 24.8 Å². The number of nitrogens with one attached hydrogen (secondary N) is 2. The second-order valence-corrected chi connectivity index (χ2v) is 6.82. The zero-order valence-electron chi connectivity index (χ0n) is 16.5. The highest BCUT2D eigenvalue weighted by molar-refractivity contribution is 6.33. The van der Waals surface area contributed by atoms with Gasteiger partial charge in [0.05, 0.1) is 11.2 Å². The van der Waals surface area contributed by atoms with Crippen LogP contribution in [0.1, 0.15) is 19.2 Å². The summed E-state index contributed by atoms with van der Waals surface area (Å²) in [4.78, 5) is 27.8. The standard InChI is InChI=1S/C22H22ClN3O4/c1-2-24-21(28)14-29-16-9-7-15(8-10-16)26-20(27)11-12-22-25-13-19(30-22)17-5-3-4-6-18(17)23/h3-10,13H,2,11-12,14H2,1H3,(H,24,28)(H,26,27). The van der Waals surface area contributed by atoms with Crippen LogP contribution in [-0.2, 0) is 16.0 Å². The smallest absolute Gasteiger partial charge is 0.257 e. The number of carbonyl (C=O) groups is 2. The molecule has 0 radical (unpaired) electrons. The van der Waals surface area contributed by atoms with Crippen molar-refractivity contribution < 1.29 is 18.7 Å². The molecule has 1 aromatic heterocycles. The van der Waals surface area contributed by atoms with Crippen molar-refractivity contribution in [3.8, 4) is 17.1 Å². The van der Waals surface area contributed by atoms with Crippen molar-refractivity contribution in [2.75, 3.05) is 18.5 Å². The average Bonchev–Trinajstić information content (AvgIpc) is 3.21. The van der Waals surface area contributed by atoms with Gasteiger partial charge in [-0.05, 0) is 43.3 Å². The van der Waals surface area contributed by atoms with Crippen LogP contribution in [0.15, 0.2) is 59.1 Å². The number of carbonyl (C=O) groups excluding carboxylic acids is 2. The summed E-state index contributed by atoms with van der Waals surface area (Å²) in [6.07, 6.45) is 2.19. The molecule has 7 nitrogen and oxygen atoms in total. The Morgan fingerprint density at radius 3 is 2.60 bits per heavy atom. The summed E-state index contributed by atoms with van der Waals surface area (Å²) in [7, 11) is 0. The van der Waals surface area contributed by atoms with Crippen molar-refractivity contribution in [3.63, 3.8) is 0 Å². The van der Waals surface area contributed by atoms with Crippen LogP contribution in [-0.4, -0.2) is 29.9 Å². The van der Waals surface area contributed by atoms with Gasteiger partial charge in [0, 0.05) is 30.6 Å². The second-order valence-electron chi connectivity index (χ2n) is 6.41. The molecular formula is C22H22ClN3O4. The number of hydrogen-bond acceptors (Lipinski definition) is 5. The van der Waals surface area contributed by atoms with E-state index in [0.29, 0.717) is 41.1 Å². The van der Waals surface area contributed by atoms with Crippen LogP contribution < -0.4 is 15.4 Å². The highest BCUT2D eigenvalue weighted by Crippen LogP contribution is 2.28. The molecule has 2 amide bonds. The Hall–Kier alpha value is -3.32. The molecule has 0 saturated heterocycles. The van der Waals surface area contributed by atoms with E-state index in [9.17, 15) is 9.59 Å². The number of aryl methyl sites for hydroxylation is 1. The van der Waals surface area contributed by atoms with E-state index in [1.54, 1.807) is 36.5 Å². The molecule has 0 saturated carbocycles. The van der Waals surface area contributed by atoms with Gasteiger partial charge in [0.2, 0.25) is 5.91 Å². The Kier molecular flexibility index (Phi) is 7.45. The van der Waals surface area contributed by atoms with E-state index < -0.39 is 0 Å². The molecule has 0 aliphatic rings. The van der Waals surface area contributed by atoms with E-state index in [2.05, 4.69) is 15.6 Å².